The number of sulfonamides is 1. The van der Waals surface area contributed by atoms with Crippen LogP contribution >= 0.6 is 0 Å². The number of guanidine groups is 1. The SMILES string of the molecule is CCNC(=NCc1ccc(OC)cc1OC)NCCCN(C)S(=O)(=O)CC. The van der Waals surface area contributed by atoms with E-state index in [2.05, 4.69) is 15.6 Å². The molecule has 154 valence electrons. The van der Waals surface area contributed by atoms with Crippen molar-refractivity contribution in [1.29, 1.82) is 0 Å². The van der Waals surface area contributed by atoms with Gasteiger partial charge in [0.15, 0.2) is 5.96 Å². The molecule has 0 saturated heterocycles. The van der Waals surface area contributed by atoms with Crippen LogP contribution in [0.5, 0.6) is 11.5 Å². The summed E-state index contributed by atoms with van der Waals surface area (Å²) in [5.74, 6) is 2.25. The van der Waals surface area contributed by atoms with Crippen molar-refractivity contribution in [2.45, 2.75) is 26.8 Å². The van der Waals surface area contributed by atoms with E-state index in [0.717, 1.165) is 23.6 Å². The van der Waals surface area contributed by atoms with Crippen LogP contribution in [0, 0.1) is 0 Å². The van der Waals surface area contributed by atoms with Gasteiger partial charge in [0.25, 0.3) is 0 Å². The number of nitrogens with one attached hydrogen (secondary N) is 2. The van der Waals surface area contributed by atoms with Crippen LogP contribution in [0.1, 0.15) is 25.8 Å². The van der Waals surface area contributed by atoms with Crippen molar-refractivity contribution in [2.24, 2.45) is 4.99 Å². The standard InChI is InChI=1S/C18H32N4O4S/c1-6-19-18(20-11-8-12-22(3)27(23,24)7-2)21-14-15-9-10-16(25-4)13-17(15)26-5/h9-10,13H,6-8,11-12,14H2,1-5H3,(H2,19,20,21). The summed E-state index contributed by atoms with van der Waals surface area (Å²) in [7, 11) is 1.70. The highest BCUT2D eigenvalue weighted by Gasteiger charge is 2.14. The Hall–Kier alpha value is -2.00. The van der Waals surface area contributed by atoms with E-state index in [1.807, 2.05) is 25.1 Å². The van der Waals surface area contributed by atoms with Gasteiger partial charge in [-0.25, -0.2) is 17.7 Å². The van der Waals surface area contributed by atoms with Crippen LogP contribution in [-0.2, 0) is 16.6 Å². The first-order chi connectivity index (χ1) is 12.9. The summed E-state index contributed by atoms with van der Waals surface area (Å²) in [6.07, 6.45) is 0.687. The van der Waals surface area contributed by atoms with E-state index in [1.165, 1.54) is 4.31 Å². The summed E-state index contributed by atoms with van der Waals surface area (Å²) in [6, 6.07) is 5.63. The maximum Gasteiger partial charge on any atom is 0.213 e. The highest BCUT2D eigenvalue weighted by molar-refractivity contribution is 7.89. The molecule has 0 bridgehead atoms. The third kappa shape index (κ3) is 7.64. The molecule has 0 aliphatic rings. The first-order valence-electron chi connectivity index (χ1n) is 9.05. The van der Waals surface area contributed by atoms with Gasteiger partial charge < -0.3 is 20.1 Å². The molecular weight excluding hydrogens is 368 g/mol. The zero-order valence-electron chi connectivity index (χ0n) is 16.9. The molecule has 2 N–H and O–H groups in total. The molecule has 1 aromatic rings. The first-order valence-corrected chi connectivity index (χ1v) is 10.7. The Morgan fingerprint density at radius 2 is 1.93 bits per heavy atom. The second-order valence-electron chi connectivity index (χ2n) is 5.88. The summed E-state index contributed by atoms with van der Waals surface area (Å²) < 4.78 is 35.5. The van der Waals surface area contributed by atoms with E-state index in [9.17, 15) is 8.42 Å². The number of ether oxygens (including phenoxy) is 2. The quantitative estimate of drug-likeness (QED) is 0.332. The molecule has 9 heteroatoms. The monoisotopic (exact) mass is 400 g/mol. The Balaban J connectivity index is 2.63. The van der Waals surface area contributed by atoms with Gasteiger partial charge in [0.1, 0.15) is 11.5 Å². The van der Waals surface area contributed by atoms with Crippen molar-refractivity contribution in [3.63, 3.8) is 0 Å². The molecule has 0 saturated carbocycles. The normalized spacial score (nSPS) is 12.1. The van der Waals surface area contributed by atoms with Gasteiger partial charge in [-0.2, -0.15) is 0 Å². The number of nitrogens with zero attached hydrogens (tertiary/aromatic N) is 2. The second kappa shape index (κ2) is 11.7. The van der Waals surface area contributed by atoms with Crippen molar-refractivity contribution in [3.05, 3.63) is 23.8 Å². The minimum absolute atomic E-state index is 0.116. The summed E-state index contributed by atoms with van der Waals surface area (Å²) >= 11 is 0. The van der Waals surface area contributed by atoms with E-state index in [4.69, 9.17) is 9.47 Å². The molecule has 0 fully saturated rings. The molecule has 8 nitrogen and oxygen atoms in total. The number of rotatable bonds is 11. The van der Waals surface area contributed by atoms with Gasteiger partial charge >= 0.3 is 0 Å². The molecule has 0 amide bonds. The molecule has 0 aliphatic heterocycles. The van der Waals surface area contributed by atoms with E-state index in [-0.39, 0.29) is 5.75 Å². The fourth-order valence-electron chi connectivity index (χ4n) is 2.36. The fraction of sp³-hybridized carbons (Fsp3) is 0.611. The second-order valence-corrected chi connectivity index (χ2v) is 8.24. The minimum Gasteiger partial charge on any atom is -0.497 e. The van der Waals surface area contributed by atoms with Gasteiger partial charge in [-0.3, -0.25) is 0 Å². The maximum absolute atomic E-state index is 11.7. The Morgan fingerprint density at radius 3 is 2.52 bits per heavy atom. The lowest BCUT2D eigenvalue weighted by Gasteiger charge is -2.17. The number of methoxy groups -OCH3 is 2. The molecule has 0 unspecified atom stereocenters. The molecular formula is C18H32N4O4S. The lowest BCUT2D eigenvalue weighted by atomic mass is 10.2. The molecule has 0 spiro atoms. The predicted molar refractivity (Wildman–Crippen MR) is 109 cm³/mol. The molecule has 0 atom stereocenters. The Bertz CT molecular complexity index is 707. The molecule has 0 aliphatic carbocycles. The van der Waals surface area contributed by atoms with Crippen molar-refractivity contribution in [1.82, 2.24) is 14.9 Å². The largest absolute Gasteiger partial charge is 0.497 e. The van der Waals surface area contributed by atoms with Crippen LogP contribution in [0.2, 0.25) is 0 Å². The van der Waals surface area contributed by atoms with Gasteiger partial charge in [-0.15, -0.1) is 0 Å². The van der Waals surface area contributed by atoms with E-state index in [1.54, 1.807) is 28.2 Å². The zero-order chi connectivity index (χ0) is 20.3. The third-order valence-electron chi connectivity index (χ3n) is 4.03. The number of benzene rings is 1. The summed E-state index contributed by atoms with van der Waals surface area (Å²) in [4.78, 5) is 4.57. The van der Waals surface area contributed by atoms with Gasteiger partial charge in [0.05, 0.1) is 26.5 Å². The molecule has 27 heavy (non-hydrogen) atoms. The Labute approximate surface area is 163 Å². The van der Waals surface area contributed by atoms with Crippen LogP contribution < -0.4 is 20.1 Å². The third-order valence-corrected chi connectivity index (χ3v) is 5.89. The van der Waals surface area contributed by atoms with Crippen LogP contribution in [0.4, 0.5) is 0 Å². The lowest BCUT2D eigenvalue weighted by Crippen LogP contribution is -2.39. The number of hydrogen-bond acceptors (Lipinski definition) is 5. The summed E-state index contributed by atoms with van der Waals surface area (Å²) in [5.41, 5.74) is 0.948. The minimum atomic E-state index is -3.13. The molecule has 0 aromatic heterocycles. The van der Waals surface area contributed by atoms with Gasteiger partial charge in [-0.1, -0.05) is 0 Å². The summed E-state index contributed by atoms with van der Waals surface area (Å²) in [5, 5.41) is 6.41. The number of hydrogen-bond donors (Lipinski definition) is 2. The topological polar surface area (TPSA) is 92.3 Å². The van der Waals surface area contributed by atoms with Crippen LogP contribution in [0.3, 0.4) is 0 Å². The summed E-state index contributed by atoms with van der Waals surface area (Å²) in [6.45, 7) is 5.91. The lowest BCUT2D eigenvalue weighted by molar-refractivity contribution is 0.391. The highest BCUT2D eigenvalue weighted by atomic mass is 32.2. The average molecular weight is 401 g/mol. The molecule has 1 aromatic carbocycles. The molecule has 1 rings (SSSR count). The van der Waals surface area contributed by atoms with Gasteiger partial charge in [-0.05, 0) is 32.4 Å². The van der Waals surface area contributed by atoms with Gasteiger partial charge in [0, 0.05) is 38.3 Å². The van der Waals surface area contributed by atoms with E-state index in [0.29, 0.717) is 32.0 Å². The number of aliphatic imine (C=N–C) groups is 1. The van der Waals surface area contributed by atoms with Crippen molar-refractivity contribution < 1.29 is 17.9 Å². The van der Waals surface area contributed by atoms with Crippen LogP contribution in [0.25, 0.3) is 0 Å². The Morgan fingerprint density at radius 1 is 1.19 bits per heavy atom. The molecule has 0 radical (unpaired) electrons. The zero-order valence-corrected chi connectivity index (χ0v) is 17.7. The van der Waals surface area contributed by atoms with Crippen molar-refractivity contribution in [2.75, 3.05) is 46.7 Å². The van der Waals surface area contributed by atoms with Crippen molar-refractivity contribution >= 4 is 16.0 Å². The first kappa shape index (κ1) is 23.0. The highest BCUT2D eigenvalue weighted by Crippen LogP contribution is 2.25. The van der Waals surface area contributed by atoms with Crippen LogP contribution in [-0.4, -0.2) is 65.3 Å². The van der Waals surface area contributed by atoms with Crippen LogP contribution in [0.15, 0.2) is 23.2 Å². The fourth-order valence-corrected chi connectivity index (χ4v) is 3.20. The van der Waals surface area contributed by atoms with Gasteiger partial charge in [0.2, 0.25) is 10.0 Å². The maximum atomic E-state index is 11.7. The average Bonchev–Trinajstić information content (AvgIpc) is 2.68. The Kier molecular flexibility index (Phi) is 9.95. The van der Waals surface area contributed by atoms with E-state index >= 15 is 0 Å². The predicted octanol–water partition coefficient (Wildman–Crippen LogP) is 1.43. The van der Waals surface area contributed by atoms with E-state index < -0.39 is 10.0 Å². The smallest absolute Gasteiger partial charge is 0.213 e. The molecule has 0 heterocycles. The van der Waals surface area contributed by atoms with Crippen molar-refractivity contribution in [3.8, 4) is 11.5 Å².